The highest BCUT2D eigenvalue weighted by molar-refractivity contribution is 6.21. The van der Waals surface area contributed by atoms with Crippen molar-refractivity contribution in [2.24, 2.45) is 0 Å². The van der Waals surface area contributed by atoms with Crippen molar-refractivity contribution < 1.29 is 23.6 Å². The molecule has 1 aliphatic heterocycles. The molecule has 0 atom stereocenters. The molecule has 0 radical (unpaired) electrons. The van der Waals surface area contributed by atoms with E-state index < -0.39 is 17.8 Å². The van der Waals surface area contributed by atoms with E-state index in [2.05, 4.69) is 0 Å². The number of rotatable bonds is 3. The van der Waals surface area contributed by atoms with Crippen LogP contribution < -0.4 is 0 Å². The van der Waals surface area contributed by atoms with Gasteiger partial charge in [0.1, 0.15) is 11.3 Å². The molecule has 0 unspecified atom stereocenters. The molecule has 0 aliphatic carbocycles. The number of aryl methyl sites for hydroxylation is 1. The number of imide groups is 1. The molecule has 0 N–H and O–H groups in total. The van der Waals surface area contributed by atoms with E-state index >= 15 is 0 Å². The van der Waals surface area contributed by atoms with Gasteiger partial charge in [-0.1, -0.05) is 31.0 Å². The number of hydrogen-bond donors (Lipinski definition) is 0. The second-order valence-corrected chi connectivity index (χ2v) is 5.64. The van der Waals surface area contributed by atoms with Gasteiger partial charge in [-0.25, -0.2) is 4.79 Å². The van der Waals surface area contributed by atoms with Crippen LogP contribution in [0.2, 0.25) is 0 Å². The molecule has 0 fully saturated rings. The van der Waals surface area contributed by atoms with Crippen LogP contribution in [-0.2, 0) is 4.84 Å². The Morgan fingerprint density at radius 2 is 1.70 bits per heavy atom. The molecule has 1 aromatic heterocycles. The third kappa shape index (κ3) is 2.32. The first-order valence-electron chi connectivity index (χ1n) is 7.20. The largest absolute Gasteiger partial charge is 0.468 e. The van der Waals surface area contributed by atoms with Gasteiger partial charge >= 0.3 is 5.97 Å². The summed E-state index contributed by atoms with van der Waals surface area (Å²) >= 11 is 0. The van der Waals surface area contributed by atoms with Crippen molar-refractivity contribution in [3.8, 4) is 0 Å². The molecule has 0 saturated carbocycles. The minimum atomic E-state index is -0.783. The summed E-state index contributed by atoms with van der Waals surface area (Å²) in [5.41, 5.74) is 1.28. The zero-order valence-electron chi connectivity index (χ0n) is 13.0. The number of carbonyl (C=O) groups is 3. The maximum atomic E-state index is 12.4. The number of hydrogen-bond acceptors (Lipinski definition) is 5. The molecule has 0 bridgehead atoms. The number of amides is 2. The zero-order valence-corrected chi connectivity index (χ0v) is 13.0. The van der Waals surface area contributed by atoms with Crippen LogP contribution in [0.25, 0.3) is 0 Å². The standard InChI is InChI=1S/C17H15NO5/c1-9(2)14-13(10(3)8-22-14)17(21)23-18-15(19)11-6-4-5-7-12(11)16(18)20/h4-9H,1-3H3. The third-order valence-corrected chi connectivity index (χ3v) is 3.66. The molecule has 2 aromatic rings. The van der Waals surface area contributed by atoms with Crippen LogP contribution in [-0.4, -0.2) is 22.8 Å². The molecule has 0 saturated heterocycles. The molecule has 23 heavy (non-hydrogen) atoms. The lowest BCUT2D eigenvalue weighted by atomic mass is 10.0. The Balaban J connectivity index is 1.90. The van der Waals surface area contributed by atoms with E-state index in [4.69, 9.17) is 9.25 Å². The van der Waals surface area contributed by atoms with Gasteiger partial charge in [0.2, 0.25) is 0 Å². The Kier molecular flexibility index (Phi) is 3.52. The molecule has 1 aromatic carbocycles. The number of benzene rings is 1. The Labute approximate surface area is 132 Å². The fraction of sp³-hybridized carbons (Fsp3) is 0.235. The van der Waals surface area contributed by atoms with Crippen LogP contribution in [0.15, 0.2) is 34.9 Å². The van der Waals surface area contributed by atoms with Crippen LogP contribution in [0.5, 0.6) is 0 Å². The molecule has 0 spiro atoms. The fourth-order valence-electron chi connectivity index (χ4n) is 2.53. The molecule has 2 heterocycles. The van der Waals surface area contributed by atoms with Gasteiger partial charge in [0, 0.05) is 11.5 Å². The van der Waals surface area contributed by atoms with Crippen molar-refractivity contribution in [2.45, 2.75) is 26.7 Å². The summed E-state index contributed by atoms with van der Waals surface area (Å²) in [6.07, 6.45) is 1.45. The maximum absolute atomic E-state index is 12.4. The minimum absolute atomic E-state index is 0.0339. The number of furan rings is 1. The van der Waals surface area contributed by atoms with Crippen LogP contribution in [0.1, 0.15) is 62.2 Å². The molecule has 2 amide bonds. The first kappa shape index (κ1) is 15.0. The maximum Gasteiger partial charge on any atom is 0.367 e. The van der Waals surface area contributed by atoms with E-state index in [1.54, 1.807) is 19.1 Å². The second-order valence-electron chi connectivity index (χ2n) is 5.64. The number of fused-ring (bicyclic) bond motifs is 1. The Morgan fingerprint density at radius 3 is 2.22 bits per heavy atom. The summed E-state index contributed by atoms with van der Waals surface area (Å²) in [6, 6.07) is 6.33. The van der Waals surface area contributed by atoms with E-state index in [1.165, 1.54) is 18.4 Å². The minimum Gasteiger partial charge on any atom is -0.468 e. The number of carbonyl (C=O) groups excluding carboxylic acids is 3. The topological polar surface area (TPSA) is 76.8 Å². The Hall–Kier alpha value is -2.89. The van der Waals surface area contributed by atoms with Crippen molar-refractivity contribution in [2.75, 3.05) is 0 Å². The van der Waals surface area contributed by atoms with E-state index in [0.29, 0.717) is 16.4 Å². The van der Waals surface area contributed by atoms with E-state index in [-0.39, 0.29) is 22.6 Å². The lowest BCUT2D eigenvalue weighted by molar-refractivity contribution is -0.0586. The third-order valence-electron chi connectivity index (χ3n) is 3.66. The highest BCUT2D eigenvalue weighted by Gasteiger charge is 2.39. The predicted octanol–water partition coefficient (Wildman–Crippen LogP) is 3.08. The molecule has 6 heteroatoms. The van der Waals surface area contributed by atoms with Crippen molar-refractivity contribution in [3.63, 3.8) is 0 Å². The summed E-state index contributed by atoms with van der Waals surface area (Å²) in [5, 5.41) is 0.504. The van der Waals surface area contributed by atoms with E-state index in [1.807, 2.05) is 13.8 Å². The van der Waals surface area contributed by atoms with Crippen molar-refractivity contribution in [3.05, 3.63) is 58.5 Å². The fourth-order valence-corrected chi connectivity index (χ4v) is 2.53. The summed E-state index contributed by atoms with van der Waals surface area (Å²) in [4.78, 5) is 41.9. The normalized spacial score (nSPS) is 13.7. The van der Waals surface area contributed by atoms with Crippen LogP contribution >= 0.6 is 0 Å². The smallest absolute Gasteiger partial charge is 0.367 e. The summed E-state index contributed by atoms with van der Waals surface area (Å²) in [6.45, 7) is 5.45. The predicted molar refractivity (Wildman–Crippen MR) is 79.9 cm³/mol. The Bertz CT molecular complexity index is 783. The molecule has 3 rings (SSSR count). The molecule has 118 valence electrons. The van der Waals surface area contributed by atoms with Gasteiger partial charge in [0.05, 0.1) is 17.4 Å². The van der Waals surface area contributed by atoms with Crippen LogP contribution in [0.4, 0.5) is 0 Å². The summed E-state index contributed by atoms with van der Waals surface area (Å²) < 4.78 is 5.37. The van der Waals surface area contributed by atoms with Gasteiger partial charge in [-0.2, -0.15) is 0 Å². The van der Waals surface area contributed by atoms with Crippen molar-refractivity contribution in [1.29, 1.82) is 0 Å². The average molecular weight is 313 g/mol. The zero-order chi connectivity index (χ0) is 16.7. The highest BCUT2D eigenvalue weighted by atomic mass is 16.7. The van der Waals surface area contributed by atoms with Gasteiger partial charge in [0.25, 0.3) is 11.8 Å². The highest BCUT2D eigenvalue weighted by Crippen LogP contribution is 2.27. The summed E-state index contributed by atoms with van der Waals surface area (Å²) in [7, 11) is 0. The van der Waals surface area contributed by atoms with Crippen molar-refractivity contribution >= 4 is 17.8 Å². The number of nitrogens with zero attached hydrogens (tertiary/aromatic N) is 1. The Morgan fingerprint density at radius 1 is 1.13 bits per heavy atom. The van der Waals surface area contributed by atoms with Gasteiger partial charge < -0.3 is 9.25 Å². The van der Waals surface area contributed by atoms with Gasteiger partial charge in [-0.15, -0.1) is 0 Å². The van der Waals surface area contributed by atoms with E-state index in [0.717, 1.165) is 0 Å². The SMILES string of the molecule is Cc1coc(C(C)C)c1C(=O)ON1C(=O)c2ccccc2C1=O. The lowest BCUT2D eigenvalue weighted by Gasteiger charge is -2.13. The van der Waals surface area contributed by atoms with Gasteiger partial charge in [-0.05, 0) is 19.1 Å². The average Bonchev–Trinajstić information content (AvgIpc) is 3.02. The van der Waals surface area contributed by atoms with Gasteiger partial charge in [0.15, 0.2) is 0 Å². The van der Waals surface area contributed by atoms with E-state index in [9.17, 15) is 14.4 Å². The molecule has 6 nitrogen and oxygen atoms in total. The molecular formula is C17H15NO5. The molecule has 1 aliphatic rings. The number of hydroxylamine groups is 2. The summed E-state index contributed by atoms with van der Waals surface area (Å²) in [5.74, 6) is -1.65. The quantitative estimate of drug-likeness (QED) is 0.814. The molecular weight excluding hydrogens is 298 g/mol. The van der Waals surface area contributed by atoms with Crippen LogP contribution in [0.3, 0.4) is 0 Å². The van der Waals surface area contributed by atoms with Crippen LogP contribution in [0, 0.1) is 6.92 Å². The van der Waals surface area contributed by atoms with Crippen molar-refractivity contribution in [1.82, 2.24) is 5.06 Å². The van der Waals surface area contributed by atoms with Gasteiger partial charge in [-0.3, -0.25) is 9.59 Å². The lowest BCUT2D eigenvalue weighted by Crippen LogP contribution is -2.33. The first-order valence-corrected chi connectivity index (χ1v) is 7.20. The first-order chi connectivity index (χ1) is 10.9. The monoisotopic (exact) mass is 313 g/mol. The second kappa shape index (κ2) is 5.39.